The number of nitrogens with one attached hydrogen (secondary N) is 1. The second kappa shape index (κ2) is 7.04. The van der Waals surface area contributed by atoms with Crippen molar-refractivity contribution in [3.8, 4) is 6.07 Å². The first-order chi connectivity index (χ1) is 10.2. The molecule has 1 aromatic carbocycles. The molecule has 0 aliphatic carbocycles. The maximum atomic E-state index is 10.8. The van der Waals surface area contributed by atoms with E-state index < -0.39 is 4.92 Å². The summed E-state index contributed by atoms with van der Waals surface area (Å²) in [6, 6.07) is 7.05. The van der Waals surface area contributed by atoms with Crippen LogP contribution in [0.5, 0.6) is 0 Å². The van der Waals surface area contributed by atoms with Gasteiger partial charge in [-0.3, -0.25) is 10.1 Å². The van der Waals surface area contributed by atoms with Crippen molar-refractivity contribution in [2.45, 2.75) is 32.2 Å². The van der Waals surface area contributed by atoms with Gasteiger partial charge in [0.25, 0.3) is 5.69 Å². The third-order valence-electron chi connectivity index (χ3n) is 3.75. The van der Waals surface area contributed by atoms with Crippen LogP contribution in [0.2, 0.25) is 0 Å². The summed E-state index contributed by atoms with van der Waals surface area (Å²) < 4.78 is 0. The van der Waals surface area contributed by atoms with Crippen molar-refractivity contribution in [3.63, 3.8) is 0 Å². The molecule has 1 unspecified atom stereocenters. The monoisotopic (exact) mass is 288 g/mol. The van der Waals surface area contributed by atoms with Crippen LogP contribution in [0.25, 0.3) is 0 Å². The molecular formula is C15H20N4O2. The maximum absolute atomic E-state index is 10.8. The Balaban J connectivity index is 2.26. The molecule has 1 aliphatic heterocycles. The summed E-state index contributed by atoms with van der Waals surface area (Å²) in [5.41, 5.74) is 1.13. The molecule has 0 saturated carbocycles. The van der Waals surface area contributed by atoms with Gasteiger partial charge in [0.15, 0.2) is 0 Å². The largest absolute Gasteiger partial charge is 0.369 e. The molecule has 112 valence electrons. The minimum Gasteiger partial charge on any atom is -0.369 e. The van der Waals surface area contributed by atoms with Crippen LogP contribution in [-0.2, 0) is 0 Å². The quantitative estimate of drug-likeness (QED) is 0.642. The molecule has 1 heterocycles. The molecule has 2 rings (SSSR count). The number of nitro benzene ring substituents is 1. The molecule has 1 N–H and O–H groups in total. The Kier molecular flexibility index (Phi) is 5.12. The van der Waals surface area contributed by atoms with Gasteiger partial charge in [-0.1, -0.05) is 6.92 Å². The predicted molar refractivity (Wildman–Crippen MR) is 81.3 cm³/mol. The zero-order valence-corrected chi connectivity index (χ0v) is 12.2. The van der Waals surface area contributed by atoms with Gasteiger partial charge in [0.05, 0.1) is 16.2 Å². The van der Waals surface area contributed by atoms with Crippen LogP contribution in [-0.4, -0.2) is 30.6 Å². The summed E-state index contributed by atoms with van der Waals surface area (Å²) in [6.07, 6.45) is 3.28. The van der Waals surface area contributed by atoms with Gasteiger partial charge in [-0.2, -0.15) is 5.26 Å². The van der Waals surface area contributed by atoms with Crippen LogP contribution in [0.3, 0.4) is 0 Å². The van der Waals surface area contributed by atoms with Gasteiger partial charge in [-0.25, -0.2) is 0 Å². The fraction of sp³-hybridized carbons (Fsp3) is 0.533. The van der Waals surface area contributed by atoms with E-state index in [1.807, 2.05) is 0 Å². The first kappa shape index (κ1) is 15.3. The molecule has 1 saturated heterocycles. The first-order valence-corrected chi connectivity index (χ1v) is 7.32. The maximum Gasteiger partial charge on any atom is 0.270 e. The number of nitriles is 1. The van der Waals surface area contributed by atoms with Crippen LogP contribution >= 0.6 is 0 Å². The highest BCUT2D eigenvalue weighted by Gasteiger charge is 2.20. The average molecular weight is 288 g/mol. The van der Waals surface area contributed by atoms with Crippen molar-refractivity contribution >= 4 is 11.4 Å². The van der Waals surface area contributed by atoms with Crippen molar-refractivity contribution in [3.05, 3.63) is 33.9 Å². The number of anilines is 1. The Labute approximate surface area is 124 Å². The van der Waals surface area contributed by atoms with Crippen LogP contribution in [0.15, 0.2) is 18.2 Å². The van der Waals surface area contributed by atoms with E-state index in [9.17, 15) is 15.4 Å². The molecule has 1 aromatic rings. The average Bonchev–Trinajstić information content (AvgIpc) is 2.99. The molecular weight excluding hydrogens is 268 g/mol. The highest BCUT2D eigenvalue weighted by Crippen LogP contribution is 2.26. The standard InChI is InChI=1S/C15H20N4O2/c1-2-8-18(11-13-4-3-7-17-13)15-6-5-14(19(20)21)9-12(15)10-16/h5-6,9,13,17H,2-4,7-8,11H2,1H3. The number of rotatable bonds is 6. The molecule has 0 aromatic heterocycles. The summed E-state index contributed by atoms with van der Waals surface area (Å²) in [4.78, 5) is 12.5. The van der Waals surface area contributed by atoms with Crippen molar-refractivity contribution in [1.29, 1.82) is 5.26 Å². The van der Waals surface area contributed by atoms with Gasteiger partial charge in [-0.05, 0) is 31.9 Å². The number of nitro groups is 1. The van der Waals surface area contributed by atoms with Gasteiger partial charge < -0.3 is 10.2 Å². The third kappa shape index (κ3) is 3.70. The van der Waals surface area contributed by atoms with Crippen LogP contribution in [0, 0.1) is 21.4 Å². The number of benzene rings is 1. The number of non-ortho nitro benzene ring substituents is 1. The fourth-order valence-corrected chi connectivity index (χ4v) is 2.76. The third-order valence-corrected chi connectivity index (χ3v) is 3.75. The van der Waals surface area contributed by atoms with E-state index in [-0.39, 0.29) is 5.69 Å². The molecule has 6 heteroatoms. The summed E-state index contributed by atoms with van der Waals surface area (Å²) in [5.74, 6) is 0. The van der Waals surface area contributed by atoms with E-state index in [0.717, 1.165) is 38.2 Å². The lowest BCUT2D eigenvalue weighted by Crippen LogP contribution is -2.38. The molecule has 1 atom stereocenters. The van der Waals surface area contributed by atoms with Gasteiger partial charge in [0.1, 0.15) is 6.07 Å². The number of nitrogens with zero attached hydrogens (tertiary/aromatic N) is 3. The van der Waals surface area contributed by atoms with Gasteiger partial charge in [0.2, 0.25) is 0 Å². The zero-order chi connectivity index (χ0) is 15.2. The molecule has 1 fully saturated rings. The topological polar surface area (TPSA) is 82.2 Å². The first-order valence-electron chi connectivity index (χ1n) is 7.32. The molecule has 6 nitrogen and oxygen atoms in total. The molecule has 0 radical (unpaired) electrons. The van der Waals surface area contributed by atoms with Gasteiger partial charge >= 0.3 is 0 Å². The van der Waals surface area contributed by atoms with Crippen molar-refractivity contribution in [1.82, 2.24) is 5.32 Å². The molecule has 21 heavy (non-hydrogen) atoms. The molecule has 0 amide bonds. The number of hydrogen-bond acceptors (Lipinski definition) is 5. The SMILES string of the molecule is CCCN(CC1CCCN1)c1ccc([N+](=O)[O-])cc1C#N. The Bertz CT molecular complexity index is 547. The summed E-state index contributed by atoms with van der Waals surface area (Å²) in [5, 5.41) is 23.6. The molecule has 1 aliphatic rings. The van der Waals surface area contributed by atoms with Gasteiger partial charge in [-0.15, -0.1) is 0 Å². The van der Waals surface area contributed by atoms with E-state index in [1.165, 1.54) is 18.6 Å². The van der Waals surface area contributed by atoms with Crippen LogP contribution < -0.4 is 10.2 Å². The zero-order valence-electron chi connectivity index (χ0n) is 12.2. The highest BCUT2D eigenvalue weighted by atomic mass is 16.6. The van der Waals surface area contributed by atoms with E-state index >= 15 is 0 Å². The summed E-state index contributed by atoms with van der Waals surface area (Å²) >= 11 is 0. The summed E-state index contributed by atoms with van der Waals surface area (Å²) in [6.45, 7) is 4.80. The fourth-order valence-electron chi connectivity index (χ4n) is 2.76. The minimum atomic E-state index is -0.465. The van der Waals surface area contributed by atoms with Crippen LogP contribution in [0.1, 0.15) is 31.7 Å². The summed E-state index contributed by atoms with van der Waals surface area (Å²) in [7, 11) is 0. The smallest absolute Gasteiger partial charge is 0.270 e. The van der Waals surface area contributed by atoms with Crippen LogP contribution in [0.4, 0.5) is 11.4 Å². The van der Waals surface area contributed by atoms with Gasteiger partial charge in [0, 0.05) is 31.3 Å². The Morgan fingerprint density at radius 3 is 2.95 bits per heavy atom. The second-order valence-corrected chi connectivity index (χ2v) is 5.31. The molecule has 0 bridgehead atoms. The van der Waals surface area contributed by atoms with Crippen molar-refractivity contribution in [2.24, 2.45) is 0 Å². The lowest BCUT2D eigenvalue weighted by atomic mass is 10.1. The van der Waals surface area contributed by atoms with Crippen molar-refractivity contribution < 1.29 is 4.92 Å². The Morgan fingerprint density at radius 1 is 1.57 bits per heavy atom. The van der Waals surface area contributed by atoms with E-state index in [2.05, 4.69) is 23.2 Å². The highest BCUT2D eigenvalue weighted by molar-refractivity contribution is 5.63. The van der Waals surface area contributed by atoms with E-state index in [1.54, 1.807) is 6.07 Å². The lowest BCUT2D eigenvalue weighted by molar-refractivity contribution is -0.384. The normalized spacial score (nSPS) is 17.4. The van der Waals surface area contributed by atoms with Crippen molar-refractivity contribution in [2.75, 3.05) is 24.5 Å². The molecule has 0 spiro atoms. The van der Waals surface area contributed by atoms with E-state index in [4.69, 9.17) is 0 Å². The Hall–Kier alpha value is -2.13. The second-order valence-electron chi connectivity index (χ2n) is 5.31. The predicted octanol–water partition coefficient (Wildman–Crippen LogP) is 2.43. The minimum absolute atomic E-state index is 0.0364. The van der Waals surface area contributed by atoms with E-state index in [0.29, 0.717) is 11.6 Å². The Morgan fingerprint density at radius 2 is 2.38 bits per heavy atom. The number of hydrogen-bond donors (Lipinski definition) is 1. The lowest BCUT2D eigenvalue weighted by Gasteiger charge is -2.28.